The van der Waals surface area contributed by atoms with Crippen molar-refractivity contribution in [1.82, 2.24) is 14.7 Å². The molecule has 6 heteroatoms. The van der Waals surface area contributed by atoms with E-state index in [1.54, 1.807) is 0 Å². The molecule has 1 aliphatic carbocycles. The molecule has 0 aromatic heterocycles. The highest BCUT2D eigenvalue weighted by Gasteiger charge is 2.43. The first-order valence-corrected chi connectivity index (χ1v) is 10.2. The molecule has 1 saturated carbocycles. The third kappa shape index (κ3) is 4.58. The molecule has 0 radical (unpaired) electrons. The lowest BCUT2D eigenvalue weighted by Crippen LogP contribution is -2.60. The lowest BCUT2D eigenvalue weighted by molar-refractivity contribution is -0.174. The van der Waals surface area contributed by atoms with Crippen molar-refractivity contribution < 1.29 is 14.3 Å². The van der Waals surface area contributed by atoms with Crippen LogP contribution in [-0.4, -0.2) is 85.5 Å². The van der Waals surface area contributed by atoms with Crippen molar-refractivity contribution >= 4 is 11.8 Å². The summed E-state index contributed by atoms with van der Waals surface area (Å²) < 4.78 is 6.00. The van der Waals surface area contributed by atoms with Gasteiger partial charge in [0.25, 0.3) is 0 Å². The molecule has 3 fully saturated rings. The van der Waals surface area contributed by atoms with Crippen LogP contribution in [0.25, 0.3) is 0 Å². The highest BCUT2D eigenvalue weighted by molar-refractivity contribution is 5.79. The molecule has 2 aliphatic heterocycles. The van der Waals surface area contributed by atoms with E-state index in [2.05, 4.69) is 16.7 Å². The number of likely N-dealkylation sites (N-methyl/N-ethyl adjacent to an activating group) is 1. The second-order valence-corrected chi connectivity index (χ2v) is 8.87. The van der Waals surface area contributed by atoms with Crippen LogP contribution in [-0.2, 0) is 14.3 Å². The summed E-state index contributed by atoms with van der Waals surface area (Å²) >= 11 is 0. The summed E-state index contributed by atoms with van der Waals surface area (Å²) in [5.41, 5.74) is -0.252. The van der Waals surface area contributed by atoms with Crippen molar-refractivity contribution in [3.8, 4) is 0 Å². The van der Waals surface area contributed by atoms with Gasteiger partial charge in [-0.15, -0.1) is 0 Å². The zero-order valence-corrected chi connectivity index (χ0v) is 16.7. The summed E-state index contributed by atoms with van der Waals surface area (Å²) in [4.78, 5) is 31.1. The molecule has 2 heterocycles. The largest absolute Gasteiger partial charge is 0.363 e. The lowest BCUT2D eigenvalue weighted by Gasteiger charge is -2.47. The molecule has 0 bridgehead atoms. The quantitative estimate of drug-likeness (QED) is 0.759. The van der Waals surface area contributed by atoms with Gasteiger partial charge in [-0.05, 0) is 58.5 Å². The Balaban J connectivity index is 1.52. The van der Waals surface area contributed by atoms with Crippen LogP contribution < -0.4 is 0 Å². The minimum Gasteiger partial charge on any atom is -0.363 e. The summed E-state index contributed by atoms with van der Waals surface area (Å²) in [6.45, 7) is 6.28. The second kappa shape index (κ2) is 8.26. The van der Waals surface area contributed by atoms with Crippen LogP contribution in [0, 0.1) is 11.8 Å². The van der Waals surface area contributed by atoms with Gasteiger partial charge >= 0.3 is 0 Å². The molecule has 2 saturated heterocycles. The maximum Gasteiger partial charge on any atom is 0.248 e. The van der Waals surface area contributed by atoms with Gasteiger partial charge in [-0.1, -0.05) is 6.92 Å². The first-order chi connectivity index (χ1) is 12.4. The molecule has 0 unspecified atom stereocenters. The van der Waals surface area contributed by atoms with Crippen LogP contribution in [0.5, 0.6) is 0 Å². The first-order valence-electron chi connectivity index (χ1n) is 10.2. The van der Waals surface area contributed by atoms with Gasteiger partial charge in [0, 0.05) is 38.6 Å². The molecule has 26 heavy (non-hydrogen) atoms. The van der Waals surface area contributed by atoms with E-state index in [0.29, 0.717) is 12.5 Å². The number of hydrogen-bond donors (Lipinski definition) is 0. The highest BCUT2D eigenvalue weighted by Crippen LogP contribution is 2.34. The Morgan fingerprint density at radius 2 is 1.85 bits per heavy atom. The SMILES string of the molecule is CC1CCC(C(=O)N2CCC3(CC2)CN(CCN(C)C)C(=O)CO3)CC1. The number of piperidine rings is 1. The zero-order valence-electron chi connectivity index (χ0n) is 16.7. The fraction of sp³-hybridized carbons (Fsp3) is 0.900. The van der Waals surface area contributed by atoms with E-state index in [4.69, 9.17) is 4.74 Å². The monoisotopic (exact) mass is 365 g/mol. The van der Waals surface area contributed by atoms with E-state index in [0.717, 1.165) is 57.8 Å². The van der Waals surface area contributed by atoms with Crippen LogP contribution in [0.4, 0.5) is 0 Å². The smallest absolute Gasteiger partial charge is 0.248 e. The lowest BCUT2D eigenvalue weighted by atomic mass is 9.81. The van der Waals surface area contributed by atoms with Gasteiger partial charge in [-0.25, -0.2) is 0 Å². The molecule has 3 aliphatic rings. The number of carbonyl (C=O) groups is 2. The first kappa shape index (κ1) is 19.6. The minimum absolute atomic E-state index is 0.0901. The maximum absolute atomic E-state index is 12.8. The van der Waals surface area contributed by atoms with Crippen molar-refractivity contribution in [2.45, 2.75) is 51.0 Å². The van der Waals surface area contributed by atoms with E-state index in [9.17, 15) is 9.59 Å². The number of amides is 2. The van der Waals surface area contributed by atoms with Crippen molar-refractivity contribution in [2.24, 2.45) is 11.8 Å². The van der Waals surface area contributed by atoms with Gasteiger partial charge in [-0.3, -0.25) is 9.59 Å². The topological polar surface area (TPSA) is 53.1 Å². The number of likely N-dealkylation sites (tertiary alicyclic amines) is 1. The molecular formula is C20H35N3O3. The second-order valence-electron chi connectivity index (χ2n) is 8.87. The van der Waals surface area contributed by atoms with Crippen LogP contribution in [0.1, 0.15) is 45.4 Å². The van der Waals surface area contributed by atoms with Crippen LogP contribution in [0.2, 0.25) is 0 Å². The third-order valence-electron chi connectivity index (χ3n) is 6.50. The molecule has 3 rings (SSSR count). The molecule has 0 atom stereocenters. The number of ether oxygens (including phenoxy) is 1. The standard InChI is InChI=1S/C20H35N3O3/c1-16-4-6-17(7-5-16)19(25)22-10-8-20(9-11-22)15-23(13-12-21(2)3)18(24)14-26-20/h16-17H,4-15H2,1-3H3. The summed E-state index contributed by atoms with van der Waals surface area (Å²) in [5, 5.41) is 0. The summed E-state index contributed by atoms with van der Waals surface area (Å²) in [6.07, 6.45) is 6.14. The highest BCUT2D eigenvalue weighted by atomic mass is 16.5. The van der Waals surface area contributed by atoms with E-state index < -0.39 is 0 Å². The fourth-order valence-electron chi connectivity index (χ4n) is 4.51. The molecule has 0 aromatic carbocycles. The van der Waals surface area contributed by atoms with Gasteiger partial charge in [0.05, 0.1) is 5.60 Å². The van der Waals surface area contributed by atoms with Crippen LogP contribution >= 0.6 is 0 Å². The number of rotatable bonds is 4. The van der Waals surface area contributed by atoms with Gasteiger partial charge in [0.15, 0.2) is 0 Å². The summed E-state index contributed by atoms with van der Waals surface area (Å²) in [5.74, 6) is 1.44. The number of morpholine rings is 1. The predicted molar refractivity (Wildman–Crippen MR) is 101 cm³/mol. The molecule has 148 valence electrons. The Hall–Kier alpha value is -1.14. The van der Waals surface area contributed by atoms with Crippen molar-refractivity contribution in [3.63, 3.8) is 0 Å². The molecule has 6 nitrogen and oxygen atoms in total. The van der Waals surface area contributed by atoms with E-state index in [1.807, 2.05) is 19.0 Å². The average Bonchev–Trinajstić information content (AvgIpc) is 2.63. The minimum atomic E-state index is -0.252. The Bertz CT molecular complexity index is 506. The fourth-order valence-corrected chi connectivity index (χ4v) is 4.51. The molecule has 0 N–H and O–H groups in total. The van der Waals surface area contributed by atoms with E-state index in [-0.39, 0.29) is 24.0 Å². The average molecular weight is 366 g/mol. The maximum atomic E-state index is 12.8. The summed E-state index contributed by atoms with van der Waals surface area (Å²) in [7, 11) is 4.05. The van der Waals surface area contributed by atoms with E-state index in [1.165, 1.54) is 12.8 Å². The zero-order chi connectivity index (χ0) is 18.7. The Kier molecular flexibility index (Phi) is 6.23. The number of hydrogen-bond acceptors (Lipinski definition) is 4. The van der Waals surface area contributed by atoms with Crippen molar-refractivity contribution in [2.75, 3.05) is 53.4 Å². The predicted octanol–water partition coefficient (Wildman–Crippen LogP) is 1.59. The molecular weight excluding hydrogens is 330 g/mol. The third-order valence-corrected chi connectivity index (χ3v) is 6.50. The van der Waals surface area contributed by atoms with Crippen molar-refractivity contribution in [1.29, 1.82) is 0 Å². The van der Waals surface area contributed by atoms with Crippen molar-refractivity contribution in [3.05, 3.63) is 0 Å². The van der Waals surface area contributed by atoms with Gasteiger partial charge in [-0.2, -0.15) is 0 Å². The Labute approximate surface area is 157 Å². The van der Waals surface area contributed by atoms with E-state index >= 15 is 0 Å². The Morgan fingerprint density at radius 1 is 1.19 bits per heavy atom. The van der Waals surface area contributed by atoms with Crippen LogP contribution in [0.3, 0.4) is 0 Å². The molecule has 2 amide bonds. The Morgan fingerprint density at radius 3 is 2.46 bits per heavy atom. The summed E-state index contributed by atoms with van der Waals surface area (Å²) in [6, 6.07) is 0. The number of carbonyl (C=O) groups excluding carboxylic acids is 2. The molecule has 1 spiro atoms. The van der Waals surface area contributed by atoms with Gasteiger partial charge < -0.3 is 19.4 Å². The van der Waals surface area contributed by atoms with Crippen LogP contribution in [0.15, 0.2) is 0 Å². The van der Waals surface area contributed by atoms with Gasteiger partial charge in [0.1, 0.15) is 6.61 Å². The number of nitrogens with zero attached hydrogens (tertiary/aromatic N) is 3. The molecule has 0 aromatic rings. The normalized spacial score (nSPS) is 29.5. The van der Waals surface area contributed by atoms with Gasteiger partial charge in [0.2, 0.25) is 11.8 Å².